The molecule has 0 heterocycles. The SMILES string of the molecule is C=C(CCCC)[P+](=O)OCCCC. The molecule has 0 bridgehead atoms. The molecule has 0 fully saturated rings. The molecule has 0 aromatic heterocycles. The molecule has 1 unspecified atom stereocenters. The molecule has 13 heavy (non-hydrogen) atoms. The van der Waals surface area contributed by atoms with Gasteiger partial charge in [-0.2, -0.15) is 0 Å². The lowest BCUT2D eigenvalue weighted by Crippen LogP contribution is -1.86. The first-order valence-electron chi connectivity index (χ1n) is 5.00. The van der Waals surface area contributed by atoms with E-state index in [9.17, 15) is 4.57 Å². The van der Waals surface area contributed by atoms with E-state index in [1.807, 2.05) is 0 Å². The van der Waals surface area contributed by atoms with Gasteiger partial charge < -0.3 is 0 Å². The fourth-order valence-electron chi connectivity index (χ4n) is 0.855. The third kappa shape index (κ3) is 6.92. The minimum Gasteiger partial charge on any atom is -0.142 e. The minimum atomic E-state index is -1.61. The van der Waals surface area contributed by atoms with Crippen LogP contribution in [0.25, 0.3) is 0 Å². The molecular formula is C10H20O2P+. The van der Waals surface area contributed by atoms with Gasteiger partial charge in [-0.3, -0.25) is 0 Å². The maximum absolute atomic E-state index is 11.4. The van der Waals surface area contributed by atoms with Gasteiger partial charge >= 0.3 is 8.03 Å². The highest BCUT2D eigenvalue weighted by Crippen LogP contribution is 2.35. The van der Waals surface area contributed by atoms with E-state index in [1.165, 1.54) is 0 Å². The zero-order valence-electron chi connectivity index (χ0n) is 8.71. The number of hydrogen-bond donors (Lipinski definition) is 0. The molecular weight excluding hydrogens is 183 g/mol. The molecule has 0 aliphatic rings. The Labute approximate surface area is 82.2 Å². The fraction of sp³-hybridized carbons (Fsp3) is 0.800. The summed E-state index contributed by atoms with van der Waals surface area (Å²) < 4.78 is 16.5. The summed E-state index contributed by atoms with van der Waals surface area (Å²) in [6, 6.07) is 0. The van der Waals surface area contributed by atoms with Crippen molar-refractivity contribution in [2.75, 3.05) is 6.61 Å². The van der Waals surface area contributed by atoms with E-state index in [0.29, 0.717) is 6.61 Å². The monoisotopic (exact) mass is 203 g/mol. The third-order valence-corrected chi connectivity index (χ3v) is 2.94. The van der Waals surface area contributed by atoms with Crippen LogP contribution < -0.4 is 0 Å². The van der Waals surface area contributed by atoms with Crippen LogP contribution in [0.2, 0.25) is 0 Å². The first-order chi connectivity index (χ1) is 6.22. The largest absolute Gasteiger partial charge is 0.543 e. The highest BCUT2D eigenvalue weighted by Gasteiger charge is 2.22. The van der Waals surface area contributed by atoms with Crippen LogP contribution in [0.3, 0.4) is 0 Å². The normalized spacial score (nSPS) is 11.4. The maximum Gasteiger partial charge on any atom is 0.543 e. The van der Waals surface area contributed by atoms with E-state index in [4.69, 9.17) is 4.52 Å². The molecule has 2 nitrogen and oxygen atoms in total. The Morgan fingerprint density at radius 3 is 2.46 bits per heavy atom. The average Bonchev–Trinajstić information content (AvgIpc) is 2.14. The molecule has 3 heteroatoms. The Morgan fingerprint density at radius 2 is 1.92 bits per heavy atom. The standard InChI is InChI=1S/C10H20O2P/c1-4-6-8-10(3)13(11)12-9-7-5-2/h3-9H2,1-2H3/q+1. The molecule has 0 aliphatic heterocycles. The number of unbranched alkanes of at least 4 members (excludes halogenated alkanes) is 2. The highest BCUT2D eigenvalue weighted by atomic mass is 31.1. The number of allylic oxidation sites excluding steroid dienone is 1. The summed E-state index contributed by atoms with van der Waals surface area (Å²) in [6.07, 6.45) is 5.04. The lowest BCUT2D eigenvalue weighted by molar-refractivity contribution is 0.324. The van der Waals surface area contributed by atoms with Crippen LogP contribution >= 0.6 is 8.03 Å². The van der Waals surface area contributed by atoms with Crippen LogP contribution in [0, 0.1) is 0 Å². The summed E-state index contributed by atoms with van der Waals surface area (Å²) in [6.45, 7) is 8.55. The summed E-state index contributed by atoms with van der Waals surface area (Å²) >= 11 is 0. The van der Waals surface area contributed by atoms with Crippen LogP contribution in [-0.2, 0) is 9.09 Å². The van der Waals surface area contributed by atoms with Gasteiger partial charge in [0, 0.05) is 6.42 Å². The van der Waals surface area contributed by atoms with E-state index < -0.39 is 8.03 Å². The van der Waals surface area contributed by atoms with Crippen molar-refractivity contribution in [1.82, 2.24) is 0 Å². The fourth-order valence-corrected chi connectivity index (χ4v) is 1.67. The van der Waals surface area contributed by atoms with Crippen LogP contribution in [0.15, 0.2) is 11.9 Å². The van der Waals surface area contributed by atoms with Crippen molar-refractivity contribution in [2.45, 2.75) is 46.0 Å². The van der Waals surface area contributed by atoms with Gasteiger partial charge in [-0.25, -0.2) is 0 Å². The van der Waals surface area contributed by atoms with Gasteiger partial charge in [-0.15, -0.1) is 4.52 Å². The van der Waals surface area contributed by atoms with E-state index >= 15 is 0 Å². The van der Waals surface area contributed by atoms with Crippen molar-refractivity contribution in [2.24, 2.45) is 0 Å². The Kier molecular flexibility index (Phi) is 8.27. The van der Waals surface area contributed by atoms with Gasteiger partial charge in [0.25, 0.3) is 0 Å². The lowest BCUT2D eigenvalue weighted by Gasteiger charge is -1.92. The van der Waals surface area contributed by atoms with Crippen molar-refractivity contribution in [3.63, 3.8) is 0 Å². The second-order valence-electron chi connectivity index (χ2n) is 3.11. The molecule has 0 N–H and O–H groups in total. The Balaban J connectivity index is 3.51. The Morgan fingerprint density at radius 1 is 1.31 bits per heavy atom. The van der Waals surface area contributed by atoms with Crippen molar-refractivity contribution >= 4 is 8.03 Å². The van der Waals surface area contributed by atoms with E-state index in [0.717, 1.165) is 37.4 Å². The van der Waals surface area contributed by atoms with Crippen molar-refractivity contribution in [3.05, 3.63) is 11.9 Å². The molecule has 76 valence electrons. The van der Waals surface area contributed by atoms with Crippen molar-refractivity contribution in [3.8, 4) is 0 Å². The smallest absolute Gasteiger partial charge is 0.142 e. The zero-order chi connectivity index (χ0) is 10.1. The average molecular weight is 203 g/mol. The van der Waals surface area contributed by atoms with E-state index in [2.05, 4.69) is 20.4 Å². The van der Waals surface area contributed by atoms with Crippen molar-refractivity contribution in [1.29, 1.82) is 0 Å². The highest BCUT2D eigenvalue weighted by molar-refractivity contribution is 7.44. The van der Waals surface area contributed by atoms with Gasteiger partial charge in [-0.05, 0) is 24.0 Å². The molecule has 0 rings (SSSR count). The molecule has 1 atom stereocenters. The summed E-state index contributed by atoms with van der Waals surface area (Å²) in [5.41, 5.74) is 0. The first kappa shape index (κ1) is 12.8. The summed E-state index contributed by atoms with van der Waals surface area (Å²) in [7, 11) is -1.61. The van der Waals surface area contributed by atoms with Gasteiger partial charge in [0.15, 0.2) is 5.31 Å². The Hall–Kier alpha value is -0.200. The summed E-state index contributed by atoms with van der Waals surface area (Å²) in [5, 5.41) is 0.757. The van der Waals surface area contributed by atoms with Gasteiger partial charge in [0.2, 0.25) is 0 Å². The zero-order valence-corrected chi connectivity index (χ0v) is 9.61. The predicted molar refractivity (Wildman–Crippen MR) is 57.1 cm³/mol. The van der Waals surface area contributed by atoms with E-state index in [1.54, 1.807) is 0 Å². The number of rotatable bonds is 8. The lowest BCUT2D eigenvalue weighted by atomic mass is 10.2. The van der Waals surface area contributed by atoms with Gasteiger partial charge in [0.1, 0.15) is 6.61 Å². The summed E-state index contributed by atoms with van der Waals surface area (Å²) in [4.78, 5) is 0. The molecule has 0 aliphatic carbocycles. The first-order valence-corrected chi connectivity index (χ1v) is 6.18. The third-order valence-electron chi connectivity index (χ3n) is 1.78. The second-order valence-corrected chi connectivity index (χ2v) is 4.52. The van der Waals surface area contributed by atoms with Gasteiger partial charge in [0.05, 0.1) is 0 Å². The predicted octanol–water partition coefficient (Wildman–Crippen LogP) is 4.25. The topological polar surface area (TPSA) is 26.3 Å². The van der Waals surface area contributed by atoms with E-state index in [-0.39, 0.29) is 0 Å². The Bertz CT molecular complexity index is 166. The second kappa shape index (κ2) is 8.40. The molecule has 0 aromatic rings. The molecule has 0 amide bonds. The number of hydrogen-bond acceptors (Lipinski definition) is 2. The molecule has 0 saturated carbocycles. The quantitative estimate of drug-likeness (QED) is 0.435. The van der Waals surface area contributed by atoms with Crippen LogP contribution in [0.5, 0.6) is 0 Å². The molecule has 0 aromatic carbocycles. The maximum atomic E-state index is 11.4. The molecule has 0 spiro atoms. The summed E-state index contributed by atoms with van der Waals surface area (Å²) in [5.74, 6) is 0. The van der Waals surface area contributed by atoms with Crippen molar-refractivity contribution < 1.29 is 9.09 Å². The molecule has 0 radical (unpaired) electrons. The van der Waals surface area contributed by atoms with Gasteiger partial charge in [-0.1, -0.05) is 26.7 Å². The van der Waals surface area contributed by atoms with Crippen LogP contribution in [-0.4, -0.2) is 6.61 Å². The molecule has 0 saturated heterocycles. The van der Waals surface area contributed by atoms with Crippen LogP contribution in [0.1, 0.15) is 46.0 Å². The van der Waals surface area contributed by atoms with Crippen LogP contribution in [0.4, 0.5) is 0 Å². The minimum absolute atomic E-state index is 0.594.